The smallest absolute Gasteiger partial charge is 0.253 e. The molecule has 1 aliphatic rings. The minimum Gasteiger partial charge on any atom is -0.355 e. The fourth-order valence-electron chi connectivity index (χ4n) is 3.88. The Kier molecular flexibility index (Phi) is 4.04. The number of amides is 1. The minimum atomic E-state index is 0.0977. The summed E-state index contributed by atoms with van der Waals surface area (Å²) in [4.78, 5) is 15.0. The molecule has 0 radical (unpaired) electrons. The normalized spacial score (nSPS) is 20.8. The first-order valence-corrected chi connectivity index (χ1v) is 8.86. The fraction of sp³-hybridized carbons (Fsp3) is 0.333. The Morgan fingerprint density at radius 3 is 2.52 bits per heavy atom. The molecular weight excluding hydrogens is 312 g/mol. The lowest BCUT2D eigenvalue weighted by Crippen LogP contribution is -2.42. The summed E-state index contributed by atoms with van der Waals surface area (Å²) in [6.07, 6.45) is 1.19. The number of fused-ring (bicyclic) bond motifs is 1. The minimum absolute atomic E-state index is 0.0977. The van der Waals surface area contributed by atoms with E-state index in [9.17, 15) is 4.79 Å². The van der Waals surface area contributed by atoms with E-state index in [1.807, 2.05) is 53.4 Å². The van der Waals surface area contributed by atoms with E-state index in [2.05, 4.69) is 19.0 Å². The Morgan fingerprint density at radius 2 is 1.80 bits per heavy atom. The van der Waals surface area contributed by atoms with Gasteiger partial charge in [-0.3, -0.25) is 4.79 Å². The molecule has 3 aromatic rings. The fourth-order valence-corrected chi connectivity index (χ4v) is 3.88. The molecule has 2 atom stereocenters. The topological polar surface area (TPSA) is 46.3 Å². The molecule has 1 fully saturated rings. The van der Waals surface area contributed by atoms with Crippen LogP contribution in [0.4, 0.5) is 0 Å². The second kappa shape index (κ2) is 6.36. The van der Waals surface area contributed by atoms with Crippen molar-refractivity contribution in [3.63, 3.8) is 0 Å². The van der Waals surface area contributed by atoms with Crippen molar-refractivity contribution in [1.82, 2.24) is 10.1 Å². The number of nitrogens with zero attached hydrogens (tertiary/aromatic N) is 2. The van der Waals surface area contributed by atoms with Gasteiger partial charge < -0.3 is 9.42 Å². The van der Waals surface area contributed by atoms with E-state index in [0.29, 0.717) is 23.2 Å². The Labute approximate surface area is 147 Å². The van der Waals surface area contributed by atoms with E-state index in [4.69, 9.17) is 4.52 Å². The maximum Gasteiger partial charge on any atom is 0.253 e. The summed E-state index contributed by atoms with van der Waals surface area (Å²) < 4.78 is 5.54. The maximum absolute atomic E-state index is 13.0. The van der Waals surface area contributed by atoms with Crippen LogP contribution in [-0.2, 0) is 0 Å². The number of hydrogen-bond donors (Lipinski definition) is 0. The van der Waals surface area contributed by atoms with Crippen LogP contribution in [0.1, 0.15) is 30.6 Å². The van der Waals surface area contributed by atoms with Gasteiger partial charge >= 0.3 is 0 Å². The van der Waals surface area contributed by atoms with E-state index in [1.165, 1.54) is 6.42 Å². The first-order valence-electron chi connectivity index (χ1n) is 8.86. The first-order chi connectivity index (χ1) is 12.1. The largest absolute Gasteiger partial charge is 0.355 e. The van der Waals surface area contributed by atoms with Crippen LogP contribution in [0.3, 0.4) is 0 Å². The Bertz CT molecular complexity index is 891. The zero-order chi connectivity index (χ0) is 17.4. The van der Waals surface area contributed by atoms with Crippen molar-refractivity contribution in [2.75, 3.05) is 13.1 Å². The second-order valence-electron chi connectivity index (χ2n) is 7.27. The predicted molar refractivity (Wildman–Crippen MR) is 98.3 cm³/mol. The summed E-state index contributed by atoms with van der Waals surface area (Å²) in [6.45, 7) is 6.09. The molecule has 0 aliphatic carbocycles. The maximum atomic E-state index is 13.0. The Morgan fingerprint density at radius 1 is 1.08 bits per heavy atom. The van der Waals surface area contributed by atoms with Crippen molar-refractivity contribution >= 4 is 16.8 Å². The van der Waals surface area contributed by atoms with E-state index in [1.54, 1.807) is 0 Å². The molecule has 1 aromatic heterocycles. The lowest BCUT2D eigenvalue weighted by molar-refractivity contribution is 0.0623. The molecule has 0 unspecified atom stereocenters. The summed E-state index contributed by atoms with van der Waals surface area (Å²) in [5.41, 5.74) is 2.44. The first kappa shape index (κ1) is 15.9. The molecule has 2 heterocycles. The van der Waals surface area contributed by atoms with Crippen LogP contribution >= 0.6 is 0 Å². The van der Waals surface area contributed by atoms with Gasteiger partial charge in [0.15, 0.2) is 5.76 Å². The summed E-state index contributed by atoms with van der Waals surface area (Å²) in [5.74, 6) is 1.91. The van der Waals surface area contributed by atoms with Crippen LogP contribution in [0.5, 0.6) is 0 Å². The van der Waals surface area contributed by atoms with Crippen molar-refractivity contribution in [3.05, 3.63) is 54.1 Å². The predicted octanol–water partition coefficient (Wildman–Crippen LogP) is 4.61. The molecular formula is C21H22N2O2. The number of rotatable bonds is 2. The van der Waals surface area contributed by atoms with Gasteiger partial charge in [0.05, 0.1) is 5.39 Å². The summed E-state index contributed by atoms with van der Waals surface area (Å²) in [7, 11) is 0. The molecule has 1 aliphatic heterocycles. The second-order valence-corrected chi connectivity index (χ2v) is 7.27. The van der Waals surface area contributed by atoms with Crippen LogP contribution in [0.15, 0.2) is 53.1 Å². The molecule has 4 nitrogen and oxygen atoms in total. The van der Waals surface area contributed by atoms with Gasteiger partial charge in [-0.2, -0.15) is 0 Å². The van der Waals surface area contributed by atoms with Gasteiger partial charge in [-0.1, -0.05) is 49.3 Å². The molecule has 0 spiro atoms. The highest BCUT2D eigenvalue weighted by Gasteiger charge is 2.26. The third-order valence-electron chi connectivity index (χ3n) is 4.92. The van der Waals surface area contributed by atoms with Gasteiger partial charge in [0.25, 0.3) is 5.91 Å². The van der Waals surface area contributed by atoms with Gasteiger partial charge in [-0.25, -0.2) is 0 Å². The highest BCUT2D eigenvalue weighted by Crippen LogP contribution is 2.30. The molecule has 4 heteroatoms. The number of hydrogen-bond acceptors (Lipinski definition) is 3. The molecule has 1 amide bonds. The zero-order valence-corrected chi connectivity index (χ0v) is 14.6. The number of likely N-dealkylation sites (tertiary alicyclic amines) is 1. The molecule has 0 bridgehead atoms. The number of piperidine rings is 1. The van der Waals surface area contributed by atoms with E-state index >= 15 is 0 Å². The highest BCUT2D eigenvalue weighted by molar-refractivity contribution is 6.01. The van der Waals surface area contributed by atoms with E-state index in [-0.39, 0.29) is 5.91 Å². The van der Waals surface area contributed by atoms with E-state index < -0.39 is 0 Å². The van der Waals surface area contributed by atoms with E-state index in [0.717, 1.165) is 29.6 Å². The summed E-state index contributed by atoms with van der Waals surface area (Å²) in [6, 6.07) is 15.5. The third-order valence-corrected chi connectivity index (χ3v) is 4.92. The van der Waals surface area contributed by atoms with Crippen LogP contribution < -0.4 is 0 Å². The average Bonchev–Trinajstić information content (AvgIpc) is 3.04. The molecule has 1 saturated heterocycles. The Balaban J connectivity index is 1.70. The highest BCUT2D eigenvalue weighted by atomic mass is 16.5. The summed E-state index contributed by atoms with van der Waals surface area (Å²) >= 11 is 0. The van der Waals surface area contributed by atoms with Crippen LogP contribution in [0, 0.1) is 11.8 Å². The van der Waals surface area contributed by atoms with Gasteiger partial charge in [-0.05, 0) is 36.5 Å². The SMILES string of the molecule is C[C@H]1C[C@H](C)CN(C(=O)c2ccc3noc(-c4ccccc4)c3c2)C1. The van der Waals surface area contributed by atoms with Crippen LogP contribution in [0.2, 0.25) is 0 Å². The number of carbonyl (C=O) groups is 1. The number of benzene rings is 2. The summed E-state index contributed by atoms with van der Waals surface area (Å²) in [5, 5.41) is 5.02. The van der Waals surface area contributed by atoms with Gasteiger partial charge in [0.1, 0.15) is 5.52 Å². The lowest BCUT2D eigenvalue weighted by atomic mass is 9.91. The molecule has 2 aromatic carbocycles. The quantitative estimate of drug-likeness (QED) is 0.687. The van der Waals surface area contributed by atoms with Crippen molar-refractivity contribution in [1.29, 1.82) is 0 Å². The molecule has 4 rings (SSSR count). The van der Waals surface area contributed by atoms with Crippen molar-refractivity contribution in [3.8, 4) is 11.3 Å². The van der Waals surface area contributed by atoms with Gasteiger partial charge in [0.2, 0.25) is 0 Å². The number of aromatic nitrogens is 1. The molecule has 128 valence electrons. The average molecular weight is 334 g/mol. The van der Waals surface area contributed by atoms with Crippen molar-refractivity contribution < 1.29 is 9.32 Å². The molecule has 0 N–H and O–H groups in total. The zero-order valence-electron chi connectivity index (χ0n) is 14.6. The van der Waals surface area contributed by atoms with Crippen molar-refractivity contribution in [2.45, 2.75) is 20.3 Å². The van der Waals surface area contributed by atoms with Crippen molar-refractivity contribution in [2.24, 2.45) is 11.8 Å². The standard InChI is InChI=1S/C21H22N2O2/c1-14-10-15(2)13-23(12-14)21(24)17-8-9-19-18(11-17)20(25-22-19)16-6-4-3-5-7-16/h3-9,11,14-15H,10,12-13H2,1-2H3/t14-,15-/m0/s1. The van der Waals surface area contributed by atoms with Crippen LogP contribution in [-0.4, -0.2) is 29.1 Å². The lowest BCUT2D eigenvalue weighted by Gasteiger charge is -2.35. The molecule has 0 saturated carbocycles. The van der Waals surface area contributed by atoms with Gasteiger partial charge in [-0.15, -0.1) is 0 Å². The molecule has 25 heavy (non-hydrogen) atoms. The third kappa shape index (κ3) is 3.04. The number of carbonyl (C=O) groups excluding carboxylic acids is 1. The van der Waals surface area contributed by atoms with Crippen LogP contribution in [0.25, 0.3) is 22.2 Å². The Hall–Kier alpha value is -2.62. The monoisotopic (exact) mass is 334 g/mol. The van der Waals surface area contributed by atoms with Gasteiger partial charge in [0, 0.05) is 24.2 Å².